The van der Waals surface area contributed by atoms with Crippen molar-refractivity contribution in [3.05, 3.63) is 29.3 Å². The van der Waals surface area contributed by atoms with Gasteiger partial charge in [0.05, 0.1) is 23.5 Å². The van der Waals surface area contributed by atoms with Crippen molar-refractivity contribution in [3.8, 4) is 6.07 Å². The van der Waals surface area contributed by atoms with Gasteiger partial charge in [-0.15, -0.1) is 0 Å². The van der Waals surface area contributed by atoms with E-state index in [0.717, 1.165) is 11.3 Å². The Labute approximate surface area is 108 Å². The number of anilines is 1. The second kappa shape index (κ2) is 5.85. The van der Waals surface area contributed by atoms with Gasteiger partial charge in [-0.2, -0.15) is 5.26 Å². The zero-order valence-corrected chi connectivity index (χ0v) is 11.1. The van der Waals surface area contributed by atoms with Crippen molar-refractivity contribution in [3.63, 3.8) is 0 Å². The lowest BCUT2D eigenvalue weighted by Crippen LogP contribution is -2.39. The fourth-order valence-electron chi connectivity index (χ4n) is 1.88. The van der Waals surface area contributed by atoms with Gasteiger partial charge in [0.25, 0.3) is 0 Å². The molecule has 0 aliphatic rings. The zero-order chi connectivity index (χ0) is 13.8. The number of aliphatic hydroxyl groups excluding tert-OH is 1. The van der Waals surface area contributed by atoms with Crippen LogP contribution in [0.1, 0.15) is 31.9 Å². The SMILES string of the molecule is CCN(CC(C)(C)O)c1ccc(CO)cc1C#N. The maximum absolute atomic E-state index is 9.88. The van der Waals surface area contributed by atoms with Crippen LogP contribution in [0.15, 0.2) is 18.2 Å². The lowest BCUT2D eigenvalue weighted by Gasteiger charge is -2.30. The van der Waals surface area contributed by atoms with Crippen LogP contribution in [0.4, 0.5) is 5.69 Å². The molecule has 0 radical (unpaired) electrons. The Morgan fingerprint density at radius 2 is 2.06 bits per heavy atom. The number of hydrogen-bond acceptors (Lipinski definition) is 4. The molecule has 1 rings (SSSR count). The molecule has 0 bridgehead atoms. The van der Waals surface area contributed by atoms with Gasteiger partial charge in [-0.25, -0.2) is 0 Å². The van der Waals surface area contributed by atoms with E-state index in [1.165, 1.54) is 0 Å². The molecule has 0 heterocycles. The first kappa shape index (κ1) is 14.5. The van der Waals surface area contributed by atoms with Gasteiger partial charge in [-0.1, -0.05) is 6.07 Å². The van der Waals surface area contributed by atoms with Crippen molar-refractivity contribution < 1.29 is 10.2 Å². The molecule has 0 spiro atoms. The molecule has 1 aromatic rings. The number of nitrogens with zero attached hydrogens (tertiary/aromatic N) is 2. The van der Waals surface area contributed by atoms with Crippen LogP contribution in [0.2, 0.25) is 0 Å². The predicted octanol–water partition coefficient (Wildman–Crippen LogP) is 1.65. The molecule has 2 N–H and O–H groups in total. The molecule has 4 nitrogen and oxygen atoms in total. The third-order valence-electron chi connectivity index (χ3n) is 2.66. The minimum absolute atomic E-state index is 0.0768. The molecule has 0 aliphatic carbocycles. The number of likely N-dealkylation sites (N-methyl/N-ethyl adjacent to an activating group) is 1. The molecule has 0 saturated heterocycles. The summed E-state index contributed by atoms with van der Waals surface area (Å²) >= 11 is 0. The van der Waals surface area contributed by atoms with E-state index in [0.29, 0.717) is 18.7 Å². The molecule has 0 unspecified atom stereocenters. The Morgan fingerprint density at radius 1 is 1.39 bits per heavy atom. The molecule has 1 aromatic carbocycles. The Hall–Kier alpha value is -1.57. The normalized spacial score (nSPS) is 11.1. The Morgan fingerprint density at radius 3 is 2.50 bits per heavy atom. The number of benzene rings is 1. The highest BCUT2D eigenvalue weighted by molar-refractivity contribution is 5.60. The predicted molar refractivity (Wildman–Crippen MR) is 71.3 cm³/mol. The number of nitriles is 1. The first-order valence-electron chi connectivity index (χ1n) is 6.02. The van der Waals surface area contributed by atoms with Crippen molar-refractivity contribution in [1.29, 1.82) is 5.26 Å². The molecule has 0 aromatic heterocycles. The van der Waals surface area contributed by atoms with Crippen LogP contribution in [0.3, 0.4) is 0 Å². The van der Waals surface area contributed by atoms with E-state index in [9.17, 15) is 5.11 Å². The molecule has 4 heteroatoms. The van der Waals surface area contributed by atoms with Gasteiger partial charge in [-0.3, -0.25) is 0 Å². The smallest absolute Gasteiger partial charge is 0.101 e. The summed E-state index contributed by atoms with van der Waals surface area (Å²) in [6.45, 7) is 6.54. The zero-order valence-electron chi connectivity index (χ0n) is 11.1. The first-order valence-corrected chi connectivity index (χ1v) is 6.02. The van der Waals surface area contributed by atoms with Crippen LogP contribution < -0.4 is 4.90 Å². The molecular weight excluding hydrogens is 228 g/mol. The van der Waals surface area contributed by atoms with Crippen LogP contribution in [0.5, 0.6) is 0 Å². The van der Waals surface area contributed by atoms with Crippen LogP contribution in [0, 0.1) is 11.3 Å². The van der Waals surface area contributed by atoms with Gasteiger partial charge >= 0.3 is 0 Å². The van der Waals surface area contributed by atoms with Gasteiger partial charge in [0, 0.05) is 13.1 Å². The summed E-state index contributed by atoms with van der Waals surface area (Å²) in [4.78, 5) is 1.96. The Bertz CT molecular complexity index is 444. The largest absolute Gasteiger partial charge is 0.392 e. The summed E-state index contributed by atoms with van der Waals surface area (Å²) in [7, 11) is 0. The summed E-state index contributed by atoms with van der Waals surface area (Å²) in [5.41, 5.74) is 1.21. The second-order valence-corrected chi connectivity index (χ2v) is 4.95. The van der Waals surface area contributed by atoms with Crippen LogP contribution in [-0.4, -0.2) is 28.9 Å². The average Bonchev–Trinajstić information content (AvgIpc) is 2.34. The third kappa shape index (κ3) is 3.73. The lowest BCUT2D eigenvalue weighted by atomic mass is 10.1. The van der Waals surface area contributed by atoms with Gasteiger partial charge in [-0.05, 0) is 38.5 Å². The Kier molecular flexibility index (Phi) is 4.71. The average molecular weight is 248 g/mol. The standard InChI is InChI=1S/C14H20N2O2/c1-4-16(10-14(2,3)18)13-6-5-11(9-17)7-12(13)8-15/h5-7,17-18H,4,9-10H2,1-3H3. The van der Waals surface area contributed by atoms with Crippen LogP contribution >= 0.6 is 0 Å². The van der Waals surface area contributed by atoms with E-state index >= 15 is 0 Å². The summed E-state index contributed by atoms with van der Waals surface area (Å²) in [5, 5.41) is 28.1. The van der Waals surface area contributed by atoms with Crippen LogP contribution in [0.25, 0.3) is 0 Å². The number of hydrogen-bond donors (Lipinski definition) is 2. The molecule has 98 valence electrons. The molecule has 0 atom stereocenters. The monoisotopic (exact) mass is 248 g/mol. The Balaban J connectivity index is 3.10. The molecule has 18 heavy (non-hydrogen) atoms. The van der Waals surface area contributed by atoms with Crippen LogP contribution in [-0.2, 0) is 6.61 Å². The molecule has 0 fully saturated rings. The number of rotatable bonds is 5. The maximum atomic E-state index is 9.88. The van der Waals surface area contributed by atoms with E-state index in [-0.39, 0.29) is 6.61 Å². The minimum Gasteiger partial charge on any atom is -0.392 e. The van der Waals surface area contributed by atoms with E-state index in [2.05, 4.69) is 6.07 Å². The highest BCUT2D eigenvalue weighted by atomic mass is 16.3. The molecular formula is C14H20N2O2. The second-order valence-electron chi connectivity index (χ2n) is 4.95. The van der Waals surface area contributed by atoms with Crippen molar-refractivity contribution in [1.82, 2.24) is 0 Å². The van der Waals surface area contributed by atoms with Gasteiger partial charge < -0.3 is 15.1 Å². The minimum atomic E-state index is -0.821. The van der Waals surface area contributed by atoms with Crippen molar-refractivity contribution in [2.75, 3.05) is 18.0 Å². The topological polar surface area (TPSA) is 67.5 Å². The summed E-state index contributed by atoms with van der Waals surface area (Å²) in [6.07, 6.45) is 0. The van der Waals surface area contributed by atoms with E-state index in [1.807, 2.05) is 17.9 Å². The molecule has 0 amide bonds. The fourth-order valence-corrected chi connectivity index (χ4v) is 1.88. The molecule has 0 aliphatic heterocycles. The van der Waals surface area contributed by atoms with E-state index in [1.54, 1.807) is 26.0 Å². The van der Waals surface area contributed by atoms with E-state index < -0.39 is 5.60 Å². The van der Waals surface area contributed by atoms with E-state index in [4.69, 9.17) is 10.4 Å². The summed E-state index contributed by atoms with van der Waals surface area (Å²) in [6, 6.07) is 7.43. The van der Waals surface area contributed by atoms with Crippen molar-refractivity contribution in [2.45, 2.75) is 33.0 Å². The quantitative estimate of drug-likeness (QED) is 0.831. The lowest BCUT2D eigenvalue weighted by molar-refractivity contribution is 0.0876. The number of aliphatic hydroxyl groups is 2. The summed E-state index contributed by atoms with van der Waals surface area (Å²) in [5.74, 6) is 0. The fraction of sp³-hybridized carbons (Fsp3) is 0.500. The van der Waals surface area contributed by atoms with Crippen molar-refractivity contribution >= 4 is 5.69 Å². The van der Waals surface area contributed by atoms with Crippen molar-refractivity contribution in [2.24, 2.45) is 0 Å². The third-order valence-corrected chi connectivity index (χ3v) is 2.66. The first-order chi connectivity index (χ1) is 8.41. The highest BCUT2D eigenvalue weighted by Crippen LogP contribution is 2.23. The maximum Gasteiger partial charge on any atom is 0.101 e. The van der Waals surface area contributed by atoms with Gasteiger partial charge in [0.1, 0.15) is 6.07 Å². The molecule has 0 saturated carbocycles. The van der Waals surface area contributed by atoms with Gasteiger partial charge in [0.15, 0.2) is 0 Å². The highest BCUT2D eigenvalue weighted by Gasteiger charge is 2.19. The summed E-state index contributed by atoms with van der Waals surface area (Å²) < 4.78 is 0. The van der Waals surface area contributed by atoms with Gasteiger partial charge in [0.2, 0.25) is 0 Å².